The third-order valence-corrected chi connectivity index (χ3v) is 2.68. The van der Waals surface area contributed by atoms with Crippen molar-refractivity contribution < 1.29 is 9.47 Å². The third kappa shape index (κ3) is 2.90. The number of anilines is 2. The van der Waals surface area contributed by atoms with Crippen molar-refractivity contribution >= 4 is 11.6 Å². The summed E-state index contributed by atoms with van der Waals surface area (Å²) in [4.78, 5) is 12.2. The Bertz CT molecular complexity index is 544. The summed E-state index contributed by atoms with van der Waals surface area (Å²) in [6, 6.07) is 6.46. The zero-order valence-corrected chi connectivity index (χ0v) is 11.4. The number of aromatic nitrogens is 3. The Kier molecular flexibility index (Phi) is 3.79. The summed E-state index contributed by atoms with van der Waals surface area (Å²) in [6.45, 7) is 4.04. The smallest absolute Gasteiger partial charge is 0.324 e. The van der Waals surface area contributed by atoms with Crippen LogP contribution in [0.15, 0.2) is 18.2 Å². The van der Waals surface area contributed by atoms with Gasteiger partial charge in [0.15, 0.2) is 0 Å². The maximum Gasteiger partial charge on any atom is 0.324 e. The van der Waals surface area contributed by atoms with Crippen LogP contribution in [-0.4, -0.2) is 29.2 Å². The van der Waals surface area contributed by atoms with Crippen molar-refractivity contribution in [3.05, 3.63) is 29.3 Å². The Balaban J connectivity index is 2.37. The number of hydrogen-bond donors (Lipinski definition) is 1. The van der Waals surface area contributed by atoms with Gasteiger partial charge in [-0.3, -0.25) is 0 Å². The van der Waals surface area contributed by atoms with Gasteiger partial charge >= 0.3 is 12.0 Å². The van der Waals surface area contributed by atoms with Crippen molar-refractivity contribution in [1.82, 2.24) is 15.0 Å². The van der Waals surface area contributed by atoms with E-state index in [0.29, 0.717) is 5.95 Å². The molecule has 0 atom stereocenters. The summed E-state index contributed by atoms with van der Waals surface area (Å²) < 4.78 is 10.0. The summed E-state index contributed by atoms with van der Waals surface area (Å²) in [5.74, 6) is 0.390. The van der Waals surface area contributed by atoms with Gasteiger partial charge in [-0.25, -0.2) is 0 Å². The second-order valence-electron chi connectivity index (χ2n) is 4.02. The minimum Gasteiger partial charge on any atom is -0.467 e. The molecule has 1 aromatic carbocycles. The summed E-state index contributed by atoms with van der Waals surface area (Å²) in [5, 5.41) is 3.17. The molecule has 0 saturated carbocycles. The maximum atomic E-state index is 5.01. The fourth-order valence-corrected chi connectivity index (χ4v) is 1.70. The fraction of sp³-hybridized carbons (Fsp3) is 0.308. The van der Waals surface area contributed by atoms with Crippen LogP contribution in [0.25, 0.3) is 0 Å². The zero-order valence-electron chi connectivity index (χ0n) is 11.4. The SMILES string of the molecule is COc1nc(Nc2c(C)cccc2C)nc(OC)n1. The van der Waals surface area contributed by atoms with Gasteiger partial charge < -0.3 is 14.8 Å². The number of rotatable bonds is 4. The Labute approximate surface area is 111 Å². The van der Waals surface area contributed by atoms with Gasteiger partial charge in [-0.2, -0.15) is 9.97 Å². The molecule has 6 nitrogen and oxygen atoms in total. The lowest BCUT2D eigenvalue weighted by Crippen LogP contribution is -2.05. The van der Waals surface area contributed by atoms with Gasteiger partial charge in [0.25, 0.3) is 0 Å². The number of para-hydroxylation sites is 1. The van der Waals surface area contributed by atoms with Gasteiger partial charge in [-0.1, -0.05) is 18.2 Å². The van der Waals surface area contributed by atoms with Crippen LogP contribution in [0.3, 0.4) is 0 Å². The molecule has 0 saturated heterocycles. The predicted molar refractivity (Wildman–Crippen MR) is 72.1 cm³/mol. The molecule has 0 bridgehead atoms. The molecule has 19 heavy (non-hydrogen) atoms. The molecule has 1 N–H and O–H groups in total. The molecule has 0 spiro atoms. The second-order valence-corrected chi connectivity index (χ2v) is 4.02. The molecule has 1 heterocycles. The summed E-state index contributed by atoms with van der Waals surface area (Å²) in [6.07, 6.45) is 0. The summed E-state index contributed by atoms with van der Waals surface area (Å²) >= 11 is 0. The number of nitrogens with zero attached hydrogens (tertiary/aromatic N) is 3. The van der Waals surface area contributed by atoms with Crippen molar-refractivity contribution in [3.63, 3.8) is 0 Å². The molecule has 2 aromatic rings. The van der Waals surface area contributed by atoms with E-state index in [9.17, 15) is 0 Å². The quantitative estimate of drug-likeness (QED) is 0.909. The molecule has 0 aliphatic carbocycles. The van der Waals surface area contributed by atoms with E-state index in [1.807, 2.05) is 32.0 Å². The maximum absolute atomic E-state index is 5.01. The third-order valence-electron chi connectivity index (χ3n) is 2.68. The van der Waals surface area contributed by atoms with Crippen molar-refractivity contribution in [1.29, 1.82) is 0 Å². The lowest BCUT2D eigenvalue weighted by molar-refractivity contribution is 0.341. The van der Waals surface area contributed by atoms with Crippen molar-refractivity contribution in [2.24, 2.45) is 0 Å². The first-order valence-corrected chi connectivity index (χ1v) is 5.81. The first-order valence-electron chi connectivity index (χ1n) is 5.81. The highest BCUT2D eigenvalue weighted by Crippen LogP contribution is 2.23. The first kappa shape index (κ1) is 13.1. The highest BCUT2D eigenvalue weighted by Gasteiger charge is 2.09. The summed E-state index contributed by atoms with van der Waals surface area (Å²) in [5.41, 5.74) is 3.19. The van der Waals surface area contributed by atoms with Gasteiger partial charge in [0.05, 0.1) is 14.2 Å². The van der Waals surface area contributed by atoms with Gasteiger partial charge in [-0.15, -0.1) is 4.98 Å². The molecule has 1 aromatic heterocycles. The van der Waals surface area contributed by atoms with Crippen molar-refractivity contribution in [2.45, 2.75) is 13.8 Å². The fourth-order valence-electron chi connectivity index (χ4n) is 1.70. The van der Waals surface area contributed by atoms with Crippen LogP contribution in [0.1, 0.15) is 11.1 Å². The molecule has 0 radical (unpaired) electrons. The molecular formula is C13H16N4O2. The van der Waals surface area contributed by atoms with E-state index in [1.165, 1.54) is 14.2 Å². The average molecular weight is 260 g/mol. The highest BCUT2D eigenvalue weighted by molar-refractivity contribution is 5.62. The Morgan fingerprint density at radius 3 is 1.89 bits per heavy atom. The first-order chi connectivity index (χ1) is 9.13. The molecular weight excluding hydrogens is 244 g/mol. The van der Waals surface area contributed by atoms with E-state index in [1.54, 1.807) is 0 Å². The lowest BCUT2D eigenvalue weighted by atomic mass is 10.1. The topological polar surface area (TPSA) is 69.2 Å². The van der Waals surface area contributed by atoms with Gasteiger partial charge in [-0.05, 0) is 25.0 Å². The average Bonchev–Trinajstić information content (AvgIpc) is 2.42. The Morgan fingerprint density at radius 1 is 0.895 bits per heavy atom. The monoisotopic (exact) mass is 260 g/mol. The molecule has 0 unspecified atom stereocenters. The van der Waals surface area contributed by atoms with Crippen LogP contribution in [0.4, 0.5) is 11.6 Å². The molecule has 6 heteroatoms. The molecule has 100 valence electrons. The molecule has 0 aliphatic heterocycles. The lowest BCUT2D eigenvalue weighted by Gasteiger charge is -2.12. The van der Waals surface area contributed by atoms with Crippen LogP contribution in [-0.2, 0) is 0 Å². The Hall–Kier alpha value is -2.37. The van der Waals surface area contributed by atoms with E-state index in [0.717, 1.165) is 16.8 Å². The van der Waals surface area contributed by atoms with Crippen LogP contribution in [0, 0.1) is 13.8 Å². The van der Waals surface area contributed by atoms with Gasteiger partial charge in [0, 0.05) is 5.69 Å². The van der Waals surface area contributed by atoms with Gasteiger partial charge in [0.1, 0.15) is 0 Å². The van der Waals surface area contributed by atoms with E-state index in [2.05, 4.69) is 20.3 Å². The number of aryl methyl sites for hydroxylation is 2. The van der Waals surface area contributed by atoms with Crippen LogP contribution >= 0.6 is 0 Å². The Morgan fingerprint density at radius 2 is 1.42 bits per heavy atom. The van der Waals surface area contributed by atoms with Gasteiger partial charge in [0.2, 0.25) is 5.95 Å². The van der Waals surface area contributed by atoms with E-state index < -0.39 is 0 Å². The van der Waals surface area contributed by atoms with Crippen LogP contribution in [0.2, 0.25) is 0 Å². The standard InChI is InChI=1S/C13H16N4O2/c1-8-6-5-7-9(2)10(8)14-11-15-12(18-3)17-13(16-11)19-4/h5-7H,1-4H3,(H,14,15,16,17). The number of ether oxygens (including phenoxy) is 2. The molecule has 0 fully saturated rings. The number of benzene rings is 1. The van der Waals surface area contributed by atoms with Crippen molar-refractivity contribution in [3.8, 4) is 12.0 Å². The molecule has 0 aliphatic rings. The minimum absolute atomic E-state index is 0.209. The van der Waals surface area contributed by atoms with Crippen LogP contribution < -0.4 is 14.8 Å². The highest BCUT2D eigenvalue weighted by atomic mass is 16.5. The minimum atomic E-state index is 0.209. The predicted octanol–water partition coefficient (Wildman–Crippen LogP) is 2.25. The van der Waals surface area contributed by atoms with E-state index in [4.69, 9.17) is 9.47 Å². The van der Waals surface area contributed by atoms with Crippen molar-refractivity contribution in [2.75, 3.05) is 19.5 Å². The second kappa shape index (κ2) is 5.51. The number of methoxy groups -OCH3 is 2. The zero-order chi connectivity index (χ0) is 13.8. The number of nitrogens with one attached hydrogen (secondary N) is 1. The normalized spacial score (nSPS) is 10.1. The largest absolute Gasteiger partial charge is 0.467 e. The van der Waals surface area contributed by atoms with E-state index >= 15 is 0 Å². The van der Waals surface area contributed by atoms with E-state index in [-0.39, 0.29) is 12.0 Å². The molecule has 2 rings (SSSR count). The summed E-state index contributed by atoms with van der Waals surface area (Å²) in [7, 11) is 3.00. The van der Waals surface area contributed by atoms with Crippen LogP contribution in [0.5, 0.6) is 12.0 Å². The molecule has 0 amide bonds. The number of hydrogen-bond acceptors (Lipinski definition) is 6.